The van der Waals surface area contributed by atoms with Crippen LogP contribution in [0.15, 0.2) is 18.2 Å². The summed E-state index contributed by atoms with van der Waals surface area (Å²) in [7, 11) is 0. The first-order valence-electron chi connectivity index (χ1n) is 5.92. The number of piperidine rings is 1. The minimum atomic E-state index is -0.921. The number of aliphatic carboxylic acids is 1. The van der Waals surface area contributed by atoms with Gasteiger partial charge in [-0.15, -0.1) is 0 Å². The van der Waals surface area contributed by atoms with E-state index in [1.165, 1.54) is 6.07 Å². The van der Waals surface area contributed by atoms with Crippen LogP contribution in [0.25, 0.3) is 0 Å². The molecule has 1 fully saturated rings. The maximum atomic E-state index is 13.3. The van der Waals surface area contributed by atoms with Crippen LogP contribution in [0.3, 0.4) is 0 Å². The summed E-state index contributed by atoms with van der Waals surface area (Å²) in [6, 6.07) is 3.69. The van der Waals surface area contributed by atoms with E-state index < -0.39 is 23.0 Å². The lowest BCUT2D eigenvalue weighted by Gasteiger charge is -2.37. The van der Waals surface area contributed by atoms with Crippen molar-refractivity contribution in [3.8, 4) is 0 Å². The molecule has 1 aromatic rings. The van der Waals surface area contributed by atoms with Crippen LogP contribution in [0.4, 0.5) is 8.78 Å². The Kier molecular flexibility index (Phi) is 3.61. The van der Waals surface area contributed by atoms with E-state index in [1.54, 1.807) is 0 Å². The van der Waals surface area contributed by atoms with Crippen molar-refractivity contribution in [2.75, 3.05) is 13.1 Å². The van der Waals surface area contributed by atoms with Gasteiger partial charge in [0.1, 0.15) is 0 Å². The molecule has 0 unspecified atom stereocenters. The fourth-order valence-electron chi connectivity index (χ4n) is 2.59. The van der Waals surface area contributed by atoms with Gasteiger partial charge < -0.3 is 10.4 Å². The van der Waals surface area contributed by atoms with E-state index in [2.05, 4.69) is 5.32 Å². The highest BCUT2D eigenvalue weighted by atomic mass is 19.2. The second-order valence-electron chi connectivity index (χ2n) is 4.73. The minimum absolute atomic E-state index is 0.0558. The first kappa shape index (κ1) is 13.0. The Morgan fingerprint density at radius 3 is 2.50 bits per heavy atom. The molecule has 3 nitrogen and oxygen atoms in total. The van der Waals surface area contributed by atoms with Gasteiger partial charge in [0, 0.05) is 5.41 Å². The lowest BCUT2D eigenvalue weighted by molar-refractivity contribution is -0.138. The number of rotatable bonds is 3. The molecule has 0 bridgehead atoms. The molecule has 2 rings (SSSR count). The molecule has 0 aliphatic carbocycles. The van der Waals surface area contributed by atoms with Crippen LogP contribution < -0.4 is 5.32 Å². The molecule has 1 aromatic carbocycles. The molecule has 2 N–H and O–H groups in total. The van der Waals surface area contributed by atoms with Crippen molar-refractivity contribution in [3.63, 3.8) is 0 Å². The summed E-state index contributed by atoms with van der Waals surface area (Å²) < 4.78 is 26.3. The fourth-order valence-corrected chi connectivity index (χ4v) is 2.59. The van der Waals surface area contributed by atoms with Gasteiger partial charge in [-0.3, -0.25) is 4.79 Å². The average Bonchev–Trinajstić information content (AvgIpc) is 2.33. The number of nitrogens with one attached hydrogen (secondary N) is 1. The number of carboxylic acid groups (broad SMARTS) is 1. The number of halogens is 2. The topological polar surface area (TPSA) is 49.3 Å². The zero-order valence-electron chi connectivity index (χ0n) is 9.88. The van der Waals surface area contributed by atoms with Crippen molar-refractivity contribution < 1.29 is 18.7 Å². The maximum absolute atomic E-state index is 13.3. The van der Waals surface area contributed by atoms with Crippen molar-refractivity contribution in [3.05, 3.63) is 35.4 Å². The zero-order valence-corrected chi connectivity index (χ0v) is 9.88. The zero-order chi connectivity index (χ0) is 13.2. The van der Waals surface area contributed by atoms with E-state index in [9.17, 15) is 13.6 Å². The first-order chi connectivity index (χ1) is 8.53. The largest absolute Gasteiger partial charge is 0.481 e. The van der Waals surface area contributed by atoms with Crippen molar-refractivity contribution in [2.24, 2.45) is 0 Å². The van der Waals surface area contributed by atoms with Crippen molar-refractivity contribution >= 4 is 5.97 Å². The van der Waals surface area contributed by atoms with E-state index in [-0.39, 0.29) is 6.42 Å². The molecular weight excluding hydrogens is 240 g/mol. The number of carbonyl (C=O) groups is 1. The number of carboxylic acids is 1. The summed E-state index contributed by atoms with van der Waals surface area (Å²) in [6.07, 6.45) is 1.18. The van der Waals surface area contributed by atoms with Crippen LogP contribution in [-0.2, 0) is 10.2 Å². The number of hydrogen-bond donors (Lipinski definition) is 2. The smallest absolute Gasteiger partial charge is 0.304 e. The van der Waals surface area contributed by atoms with Gasteiger partial charge >= 0.3 is 5.97 Å². The normalized spacial score (nSPS) is 18.6. The molecule has 0 amide bonds. The van der Waals surface area contributed by atoms with Crippen LogP contribution >= 0.6 is 0 Å². The van der Waals surface area contributed by atoms with Gasteiger partial charge in [-0.1, -0.05) is 6.07 Å². The number of benzene rings is 1. The highest BCUT2D eigenvalue weighted by Crippen LogP contribution is 2.37. The van der Waals surface area contributed by atoms with Crippen LogP contribution in [0.1, 0.15) is 24.8 Å². The van der Waals surface area contributed by atoms with Crippen molar-refractivity contribution in [1.29, 1.82) is 0 Å². The van der Waals surface area contributed by atoms with Crippen LogP contribution in [0.5, 0.6) is 0 Å². The quantitative estimate of drug-likeness (QED) is 0.869. The molecule has 1 saturated heterocycles. The molecule has 1 heterocycles. The Morgan fingerprint density at radius 2 is 1.94 bits per heavy atom. The molecule has 18 heavy (non-hydrogen) atoms. The van der Waals surface area contributed by atoms with Crippen molar-refractivity contribution in [1.82, 2.24) is 5.32 Å². The summed E-state index contributed by atoms with van der Waals surface area (Å²) >= 11 is 0. The second kappa shape index (κ2) is 5.02. The van der Waals surface area contributed by atoms with Gasteiger partial charge in [0.25, 0.3) is 0 Å². The molecule has 1 aliphatic heterocycles. The Morgan fingerprint density at radius 1 is 1.28 bits per heavy atom. The fraction of sp³-hybridized carbons (Fsp3) is 0.462. The molecule has 0 spiro atoms. The third-order valence-corrected chi connectivity index (χ3v) is 3.58. The van der Waals surface area contributed by atoms with E-state index in [4.69, 9.17) is 5.11 Å². The summed E-state index contributed by atoms with van der Waals surface area (Å²) in [4.78, 5) is 11.0. The van der Waals surface area contributed by atoms with E-state index in [0.717, 1.165) is 12.1 Å². The van der Waals surface area contributed by atoms with E-state index in [0.29, 0.717) is 31.5 Å². The third-order valence-electron chi connectivity index (χ3n) is 3.58. The molecule has 0 saturated carbocycles. The Bertz CT molecular complexity index is 456. The molecule has 0 aromatic heterocycles. The summed E-state index contributed by atoms with van der Waals surface area (Å²) in [5.74, 6) is -2.74. The van der Waals surface area contributed by atoms with Gasteiger partial charge in [0.15, 0.2) is 11.6 Å². The number of hydrogen-bond acceptors (Lipinski definition) is 2. The molecular formula is C13H15F2NO2. The molecule has 5 heteroatoms. The maximum Gasteiger partial charge on any atom is 0.304 e. The predicted molar refractivity (Wildman–Crippen MR) is 62.4 cm³/mol. The van der Waals surface area contributed by atoms with Crippen molar-refractivity contribution in [2.45, 2.75) is 24.7 Å². The van der Waals surface area contributed by atoms with Gasteiger partial charge in [-0.2, -0.15) is 0 Å². The van der Waals surface area contributed by atoms with E-state index in [1.807, 2.05) is 0 Å². The molecule has 1 aliphatic rings. The van der Waals surface area contributed by atoms with Gasteiger partial charge in [-0.05, 0) is 43.6 Å². The Balaban J connectivity index is 2.38. The standard InChI is InChI=1S/C13H15F2NO2/c14-10-2-1-9(7-11(10)15)13(8-12(17)18)3-5-16-6-4-13/h1-2,7,16H,3-6,8H2,(H,17,18). The highest BCUT2D eigenvalue weighted by Gasteiger charge is 2.36. The van der Waals surface area contributed by atoms with Gasteiger partial charge in [0.2, 0.25) is 0 Å². The lowest BCUT2D eigenvalue weighted by atomic mass is 9.71. The highest BCUT2D eigenvalue weighted by molar-refractivity contribution is 5.69. The Labute approximate surface area is 104 Å². The van der Waals surface area contributed by atoms with Gasteiger partial charge in [-0.25, -0.2) is 8.78 Å². The molecule has 0 radical (unpaired) electrons. The molecule has 0 atom stereocenters. The lowest BCUT2D eigenvalue weighted by Crippen LogP contribution is -2.41. The third kappa shape index (κ3) is 2.51. The van der Waals surface area contributed by atoms with Gasteiger partial charge in [0.05, 0.1) is 6.42 Å². The van der Waals surface area contributed by atoms with Crippen LogP contribution in [0, 0.1) is 11.6 Å². The minimum Gasteiger partial charge on any atom is -0.481 e. The van der Waals surface area contributed by atoms with E-state index >= 15 is 0 Å². The SMILES string of the molecule is O=C(O)CC1(c2ccc(F)c(F)c2)CCNCC1. The second-order valence-corrected chi connectivity index (χ2v) is 4.73. The summed E-state index contributed by atoms with van der Waals surface area (Å²) in [5, 5.41) is 12.2. The summed E-state index contributed by atoms with van der Waals surface area (Å²) in [5.41, 5.74) is -0.0173. The van der Waals surface area contributed by atoms with Crippen LogP contribution in [0.2, 0.25) is 0 Å². The molecule has 98 valence electrons. The Hall–Kier alpha value is -1.49. The monoisotopic (exact) mass is 255 g/mol. The first-order valence-corrected chi connectivity index (χ1v) is 5.92. The predicted octanol–water partition coefficient (Wildman–Crippen LogP) is 2.06. The van der Waals surface area contributed by atoms with Crippen LogP contribution in [-0.4, -0.2) is 24.2 Å². The average molecular weight is 255 g/mol. The summed E-state index contributed by atoms with van der Waals surface area (Å²) in [6.45, 7) is 1.37.